The molecule has 0 heterocycles. The summed E-state index contributed by atoms with van der Waals surface area (Å²) < 4.78 is 27.3. The van der Waals surface area contributed by atoms with Crippen LogP contribution in [0.3, 0.4) is 0 Å². The minimum Gasteiger partial charge on any atom is -0.478 e. The van der Waals surface area contributed by atoms with Gasteiger partial charge in [0.15, 0.2) is 0 Å². The highest BCUT2D eigenvalue weighted by Crippen LogP contribution is 2.24. The molecule has 96 valence electrons. The van der Waals surface area contributed by atoms with Crippen LogP contribution in [0.5, 0.6) is 0 Å². The van der Waals surface area contributed by atoms with Gasteiger partial charge in [0, 0.05) is 13.6 Å². The number of carboxylic acid groups (broad SMARTS) is 1. The van der Waals surface area contributed by atoms with Gasteiger partial charge >= 0.3 is 5.97 Å². The highest BCUT2D eigenvalue weighted by molar-refractivity contribution is 5.88. The fraction of sp³-hybridized carbons (Fsp3) is 0.333. The van der Waals surface area contributed by atoms with Gasteiger partial charge in [-0.1, -0.05) is 0 Å². The lowest BCUT2D eigenvalue weighted by atomic mass is 10.1. The Bertz CT molecular complexity index is 488. The minimum atomic E-state index is -1.40. The number of anilines is 1. The first-order valence-electron chi connectivity index (χ1n) is 5.20. The summed E-state index contributed by atoms with van der Waals surface area (Å²) in [6.45, 7) is 1.77. The fourth-order valence-electron chi connectivity index (χ4n) is 1.60. The van der Waals surface area contributed by atoms with E-state index in [2.05, 4.69) is 0 Å². The van der Waals surface area contributed by atoms with E-state index >= 15 is 0 Å². The summed E-state index contributed by atoms with van der Waals surface area (Å²) in [5.74, 6) is -3.71. The number of rotatable bonds is 4. The van der Waals surface area contributed by atoms with Gasteiger partial charge in [-0.3, -0.25) is 0 Å². The van der Waals surface area contributed by atoms with Gasteiger partial charge in [-0.05, 0) is 19.1 Å². The van der Waals surface area contributed by atoms with Gasteiger partial charge in [0.1, 0.15) is 17.3 Å². The Labute approximate surface area is 103 Å². The zero-order valence-corrected chi connectivity index (χ0v) is 9.94. The molecule has 1 aromatic carbocycles. The summed E-state index contributed by atoms with van der Waals surface area (Å²) in [4.78, 5) is 11.9. The third-order valence-corrected chi connectivity index (χ3v) is 2.41. The maximum Gasteiger partial charge on any atom is 0.335 e. The topological polar surface area (TPSA) is 64.3 Å². The minimum absolute atomic E-state index is 0.150. The second kappa shape index (κ2) is 5.45. The predicted octanol–water partition coefficient (Wildman–Crippen LogP) is 2.26. The summed E-state index contributed by atoms with van der Waals surface area (Å²) in [5.41, 5.74) is -0.780. The molecule has 0 fully saturated rings. The van der Waals surface area contributed by atoms with E-state index in [1.54, 1.807) is 6.92 Å². The van der Waals surface area contributed by atoms with Gasteiger partial charge in [0.05, 0.1) is 17.6 Å². The molecule has 4 nitrogen and oxygen atoms in total. The van der Waals surface area contributed by atoms with Crippen LogP contribution in [-0.2, 0) is 0 Å². The normalized spacial score (nSPS) is 11.7. The van der Waals surface area contributed by atoms with Crippen molar-refractivity contribution in [1.29, 1.82) is 5.26 Å². The molecule has 0 aromatic heterocycles. The molecule has 0 saturated heterocycles. The number of aromatic carboxylic acids is 1. The predicted molar refractivity (Wildman–Crippen MR) is 61.4 cm³/mol. The summed E-state index contributed by atoms with van der Waals surface area (Å²) in [5, 5.41) is 17.3. The molecular formula is C12H12F2N2O2. The highest BCUT2D eigenvalue weighted by atomic mass is 19.1. The van der Waals surface area contributed by atoms with Gasteiger partial charge < -0.3 is 10.0 Å². The summed E-state index contributed by atoms with van der Waals surface area (Å²) in [7, 11) is 1.44. The van der Waals surface area contributed by atoms with Crippen molar-refractivity contribution in [3.63, 3.8) is 0 Å². The fourth-order valence-corrected chi connectivity index (χ4v) is 1.60. The standard InChI is InChI=1S/C12H12F2N2O2/c1-7(5-15)6-16(2)11-9(13)3-8(12(17)18)4-10(11)14/h3-4,7H,6H2,1-2H3,(H,17,18). The Kier molecular flexibility index (Phi) is 4.21. The first kappa shape index (κ1) is 13.9. The molecule has 1 aromatic rings. The third kappa shape index (κ3) is 2.94. The number of carboxylic acids is 1. The van der Waals surface area contributed by atoms with Crippen LogP contribution < -0.4 is 4.90 Å². The van der Waals surface area contributed by atoms with E-state index in [4.69, 9.17) is 10.4 Å². The maximum atomic E-state index is 13.6. The largest absolute Gasteiger partial charge is 0.478 e. The van der Waals surface area contributed by atoms with Crippen molar-refractivity contribution in [3.05, 3.63) is 29.3 Å². The molecule has 0 aliphatic carbocycles. The van der Waals surface area contributed by atoms with Gasteiger partial charge in [0.2, 0.25) is 0 Å². The molecule has 6 heteroatoms. The summed E-state index contributed by atoms with van der Waals surface area (Å²) >= 11 is 0. The molecule has 1 atom stereocenters. The Morgan fingerprint density at radius 2 is 2.00 bits per heavy atom. The zero-order chi connectivity index (χ0) is 13.9. The second-order valence-electron chi connectivity index (χ2n) is 4.00. The second-order valence-corrected chi connectivity index (χ2v) is 4.00. The molecule has 0 aliphatic rings. The first-order valence-corrected chi connectivity index (χ1v) is 5.20. The molecule has 0 spiro atoms. The van der Waals surface area contributed by atoms with Crippen LogP contribution in [-0.4, -0.2) is 24.7 Å². The van der Waals surface area contributed by atoms with Gasteiger partial charge in [-0.25, -0.2) is 13.6 Å². The number of nitriles is 1. The number of hydrogen-bond donors (Lipinski definition) is 1. The number of hydrogen-bond acceptors (Lipinski definition) is 3. The molecule has 1 rings (SSSR count). The molecule has 0 amide bonds. The lowest BCUT2D eigenvalue weighted by Crippen LogP contribution is -2.25. The molecule has 18 heavy (non-hydrogen) atoms. The first-order chi connectivity index (χ1) is 8.36. The maximum absolute atomic E-state index is 13.6. The van der Waals surface area contributed by atoms with Crippen LogP contribution in [0.4, 0.5) is 14.5 Å². The van der Waals surface area contributed by atoms with Crippen molar-refractivity contribution in [2.24, 2.45) is 5.92 Å². The van der Waals surface area contributed by atoms with E-state index in [-0.39, 0.29) is 12.2 Å². The van der Waals surface area contributed by atoms with Crippen molar-refractivity contribution in [1.82, 2.24) is 0 Å². The van der Waals surface area contributed by atoms with Crippen LogP contribution in [0.1, 0.15) is 17.3 Å². The number of halogens is 2. The SMILES string of the molecule is CC(C#N)CN(C)c1c(F)cc(C(=O)O)cc1F. The van der Waals surface area contributed by atoms with Gasteiger partial charge in [-0.2, -0.15) is 5.26 Å². The number of carbonyl (C=O) groups is 1. The van der Waals surface area contributed by atoms with Crippen LogP contribution in [0.25, 0.3) is 0 Å². The van der Waals surface area contributed by atoms with Crippen LogP contribution in [0.2, 0.25) is 0 Å². The van der Waals surface area contributed by atoms with Crippen LogP contribution in [0, 0.1) is 28.9 Å². The van der Waals surface area contributed by atoms with Crippen molar-refractivity contribution in [2.45, 2.75) is 6.92 Å². The molecule has 0 saturated carbocycles. The van der Waals surface area contributed by atoms with Gasteiger partial charge in [-0.15, -0.1) is 0 Å². The Balaban J connectivity index is 3.11. The molecule has 0 aliphatic heterocycles. The van der Waals surface area contributed by atoms with Gasteiger partial charge in [0.25, 0.3) is 0 Å². The van der Waals surface area contributed by atoms with E-state index in [0.29, 0.717) is 0 Å². The zero-order valence-electron chi connectivity index (χ0n) is 9.94. The van der Waals surface area contributed by atoms with Crippen LogP contribution >= 0.6 is 0 Å². The number of nitrogens with zero attached hydrogens (tertiary/aromatic N) is 2. The Morgan fingerprint density at radius 3 is 2.39 bits per heavy atom. The Morgan fingerprint density at radius 1 is 1.50 bits per heavy atom. The lowest BCUT2D eigenvalue weighted by molar-refractivity contribution is 0.0695. The molecule has 0 bridgehead atoms. The Hall–Kier alpha value is -2.16. The van der Waals surface area contributed by atoms with E-state index < -0.39 is 29.1 Å². The average Bonchev–Trinajstić information content (AvgIpc) is 2.27. The highest BCUT2D eigenvalue weighted by Gasteiger charge is 2.18. The summed E-state index contributed by atoms with van der Waals surface area (Å²) in [6.07, 6.45) is 0. The monoisotopic (exact) mass is 254 g/mol. The molecule has 1 unspecified atom stereocenters. The molecular weight excluding hydrogens is 242 g/mol. The van der Waals surface area contributed by atoms with E-state index in [1.165, 1.54) is 11.9 Å². The van der Waals surface area contributed by atoms with Crippen LogP contribution in [0.15, 0.2) is 12.1 Å². The van der Waals surface area contributed by atoms with Crippen molar-refractivity contribution < 1.29 is 18.7 Å². The van der Waals surface area contributed by atoms with E-state index in [9.17, 15) is 13.6 Å². The van der Waals surface area contributed by atoms with Crippen molar-refractivity contribution >= 4 is 11.7 Å². The smallest absolute Gasteiger partial charge is 0.335 e. The summed E-state index contributed by atoms with van der Waals surface area (Å²) in [6, 6.07) is 3.47. The quantitative estimate of drug-likeness (QED) is 0.895. The van der Waals surface area contributed by atoms with Crippen molar-refractivity contribution in [2.75, 3.05) is 18.5 Å². The van der Waals surface area contributed by atoms with E-state index in [1.807, 2.05) is 6.07 Å². The molecule has 0 radical (unpaired) electrons. The lowest BCUT2D eigenvalue weighted by Gasteiger charge is -2.21. The molecule has 1 N–H and O–H groups in total. The van der Waals surface area contributed by atoms with E-state index in [0.717, 1.165) is 12.1 Å². The third-order valence-electron chi connectivity index (χ3n) is 2.41. The average molecular weight is 254 g/mol. The van der Waals surface area contributed by atoms with Crippen molar-refractivity contribution in [3.8, 4) is 6.07 Å². The number of benzene rings is 1.